The molecule has 3 unspecified atom stereocenters. The van der Waals surface area contributed by atoms with Gasteiger partial charge in [-0.05, 0) is 24.8 Å². The van der Waals surface area contributed by atoms with Gasteiger partial charge in [-0.15, -0.1) is 0 Å². The molecule has 2 nitrogen and oxygen atoms in total. The van der Waals surface area contributed by atoms with Crippen LogP contribution in [-0.2, 0) is 11.2 Å². The van der Waals surface area contributed by atoms with Gasteiger partial charge in [0, 0.05) is 11.5 Å². The maximum atomic E-state index is 12.1. The standard InChI is InChI=1S/C15H19NO/c1-14-9-8-12(16-13(14)17)15(14,2)10-11-6-4-3-5-7-11/h3-7,12H,8-10H2,1-2H3,(H,16,17). The Morgan fingerprint density at radius 1 is 1.29 bits per heavy atom. The highest BCUT2D eigenvalue weighted by molar-refractivity contribution is 5.87. The highest BCUT2D eigenvalue weighted by atomic mass is 16.2. The van der Waals surface area contributed by atoms with Crippen molar-refractivity contribution in [3.63, 3.8) is 0 Å². The summed E-state index contributed by atoms with van der Waals surface area (Å²) < 4.78 is 0. The normalized spacial score (nSPS) is 39.4. The van der Waals surface area contributed by atoms with Crippen LogP contribution < -0.4 is 5.32 Å². The SMILES string of the molecule is CC12CCC(NC1=O)C2(C)Cc1ccccc1. The molecule has 1 aromatic rings. The number of carbonyl (C=O) groups is 1. The fourth-order valence-corrected chi connectivity index (χ4v) is 3.68. The zero-order valence-corrected chi connectivity index (χ0v) is 10.5. The van der Waals surface area contributed by atoms with Crippen LogP contribution in [0.4, 0.5) is 0 Å². The summed E-state index contributed by atoms with van der Waals surface area (Å²) >= 11 is 0. The first kappa shape index (κ1) is 10.8. The second-order valence-electron chi connectivity index (χ2n) is 5.98. The van der Waals surface area contributed by atoms with Crippen LogP contribution >= 0.6 is 0 Å². The number of rotatable bonds is 2. The molecule has 0 spiro atoms. The van der Waals surface area contributed by atoms with Crippen molar-refractivity contribution in [2.75, 3.05) is 0 Å². The van der Waals surface area contributed by atoms with E-state index in [0.29, 0.717) is 6.04 Å². The molecule has 3 rings (SSSR count). The summed E-state index contributed by atoms with van der Waals surface area (Å²) in [7, 11) is 0. The second-order valence-corrected chi connectivity index (χ2v) is 5.98. The molecule has 2 fully saturated rings. The van der Waals surface area contributed by atoms with Crippen LogP contribution in [0.15, 0.2) is 30.3 Å². The van der Waals surface area contributed by atoms with E-state index in [1.54, 1.807) is 0 Å². The van der Waals surface area contributed by atoms with E-state index in [1.165, 1.54) is 5.56 Å². The zero-order valence-electron chi connectivity index (χ0n) is 10.5. The Kier molecular flexibility index (Phi) is 2.13. The maximum Gasteiger partial charge on any atom is 0.226 e. The van der Waals surface area contributed by atoms with E-state index in [2.05, 4.69) is 43.4 Å². The first-order valence-corrected chi connectivity index (χ1v) is 6.41. The van der Waals surface area contributed by atoms with Gasteiger partial charge in [-0.3, -0.25) is 4.79 Å². The first-order valence-electron chi connectivity index (χ1n) is 6.41. The highest BCUT2D eigenvalue weighted by Gasteiger charge is 2.63. The summed E-state index contributed by atoms with van der Waals surface area (Å²) in [5.74, 6) is 0.257. The minimum Gasteiger partial charge on any atom is -0.352 e. The molecular weight excluding hydrogens is 210 g/mol. The molecule has 1 heterocycles. The van der Waals surface area contributed by atoms with Crippen LogP contribution in [0.5, 0.6) is 0 Å². The molecular formula is C15H19NO. The monoisotopic (exact) mass is 229 g/mol. The largest absolute Gasteiger partial charge is 0.352 e. The predicted octanol–water partition coefficient (Wildman–Crippen LogP) is 2.53. The Balaban J connectivity index is 1.95. The first-order chi connectivity index (χ1) is 8.06. The lowest BCUT2D eigenvalue weighted by Crippen LogP contribution is -2.37. The Hall–Kier alpha value is -1.31. The van der Waals surface area contributed by atoms with Crippen molar-refractivity contribution in [3.8, 4) is 0 Å². The van der Waals surface area contributed by atoms with E-state index in [4.69, 9.17) is 0 Å². The Bertz CT molecular complexity index is 455. The van der Waals surface area contributed by atoms with Crippen molar-refractivity contribution in [1.29, 1.82) is 0 Å². The molecule has 3 atom stereocenters. The minimum atomic E-state index is -0.173. The third-order valence-corrected chi connectivity index (χ3v) is 5.18. The fraction of sp³-hybridized carbons (Fsp3) is 0.533. The third-order valence-electron chi connectivity index (χ3n) is 5.18. The Labute approximate surface area is 102 Å². The van der Waals surface area contributed by atoms with Gasteiger partial charge in [0.2, 0.25) is 5.91 Å². The van der Waals surface area contributed by atoms with Crippen molar-refractivity contribution < 1.29 is 4.79 Å². The molecule has 0 radical (unpaired) electrons. The summed E-state index contributed by atoms with van der Waals surface area (Å²) in [6.07, 6.45) is 3.16. The molecule has 1 amide bonds. The van der Waals surface area contributed by atoms with Crippen molar-refractivity contribution in [1.82, 2.24) is 5.32 Å². The van der Waals surface area contributed by atoms with Gasteiger partial charge in [0.15, 0.2) is 0 Å². The van der Waals surface area contributed by atoms with Crippen molar-refractivity contribution in [2.45, 2.75) is 39.2 Å². The zero-order chi connectivity index (χ0) is 12.1. The number of fused-ring (bicyclic) bond motifs is 2. The average Bonchev–Trinajstić information content (AvgIpc) is 2.65. The van der Waals surface area contributed by atoms with Crippen LogP contribution in [-0.4, -0.2) is 11.9 Å². The van der Waals surface area contributed by atoms with Crippen LogP contribution in [0.2, 0.25) is 0 Å². The molecule has 1 aromatic carbocycles. The molecule has 1 saturated heterocycles. The lowest BCUT2D eigenvalue weighted by Gasteiger charge is -2.35. The van der Waals surface area contributed by atoms with Gasteiger partial charge in [-0.25, -0.2) is 0 Å². The number of nitrogens with one attached hydrogen (secondary N) is 1. The molecule has 2 bridgehead atoms. The Morgan fingerprint density at radius 3 is 2.53 bits per heavy atom. The molecule has 1 aliphatic heterocycles. The van der Waals surface area contributed by atoms with Gasteiger partial charge in [0.25, 0.3) is 0 Å². The molecule has 1 aliphatic carbocycles. The number of amides is 1. The highest BCUT2D eigenvalue weighted by Crippen LogP contribution is 2.58. The molecule has 17 heavy (non-hydrogen) atoms. The van der Waals surface area contributed by atoms with Crippen molar-refractivity contribution in [3.05, 3.63) is 35.9 Å². The van der Waals surface area contributed by atoms with E-state index in [9.17, 15) is 4.79 Å². The predicted molar refractivity (Wildman–Crippen MR) is 67.5 cm³/mol. The van der Waals surface area contributed by atoms with Gasteiger partial charge in [0.1, 0.15) is 0 Å². The smallest absolute Gasteiger partial charge is 0.226 e. The van der Waals surface area contributed by atoms with Crippen LogP contribution in [0.1, 0.15) is 32.3 Å². The lowest BCUT2D eigenvalue weighted by atomic mass is 9.66. The van der Waals surface area contributed by atoms with Crippen LogP contribution in [0, 0.1) is 10.8 Å². The van der Waals surface area contributed by atoms with Crippen molar-refractivity contribution in [2.24, 2.45) is 10.8 Å². The van der Waals surface area contributed by atoms with Gasteiger partial charge in [0.05, 0.1) is 5.41 Å². The second kappa shape index (κ2) is 3.34. The molecule has 2 heteroatoms. The number of piperidine rings is 1. The average molecular weight is 229 g/mol. The number of carbonyl (C=O) groups excluding carboxylic acids is 1. The minimum absolute atomic E-state index is 0.0748. The van der Waals surface area contributed by atoms with Crippen molar-refractivity contribution >= 4 is 5.91 Å². The number of hydrogen-bond acceptors (Lipinski definition) is 1. The van der Waals surface area contributed by atoms with E-state index in [1.807, 2.05) is 6.07 Å². The van der Waals surface area contributed by atoms with E-state index >= 15 is 0 Å². The fourth-order valence-electron chi connectivity index (χ4n) is 3.68. The summed E-state index contributed by atoms with van der Waals surface area (Å²) in [5, 5.41) is 3.17. The van der Waals surface area contributed by atoms with E-state index in [-0.39, 0.29) is 16.7 Å². The van der Waals surface area contributed by atoms with Gasteiger partial charge >= 0.3 is 0 Å². The van der Waals surface area contributed by atoms with Gasteiger partial charge < -0.3 is 5.32 Å². The van der Waals surface area contributed by atoms with Gasteiger partial charge in [-0.1, -0.05) is 44.2 Å². The maximum absolute atomic E-state index is 12.1. The summed E-state index contributed by atoms with van der Waals surface area (Å²) in [5.41, 5.74) is 1.24. The quantitative estimate of drug-likeness (QED) is 0.829. The van der Waals surface area contributed by atoms with E-state index < -0.39 is 0 Å². The summed E-state index contributed by atoms with van der Waals surface area (Å²) in [6.45, 7) is 4.41. The molecule has 0 aromatic heterocycles. The van der Waals surface area contributed by atoms with Gasteiger partial charge in [-0.2, -0.15) is 0 Å². The summed E-state index contributed by atoms with van der Waals surface area (Å²) in [4.78, 5) is 12.1. The number of hydrogen-bond donors (Lipinski definition) is 1. The van der Waals surface area contributed by atoms with Crippen LogP contribution in [0.3, 0.4) is 0 Å². The number of benzene rings is 1. The third kappa shape index (κ3) is 1.30. The molecule has 90 valence electrons. The molecule has 2 aliphatic rings. The molecule has 1 N–H and O–H groups in total. The van der Waals surface area contributed by atoms with E-state index in [0.717, 1.165) is 19.3 Å². The lowest BCUT2D eigenvalue weighted by molar-refractivity contribution is -0.130. The topological polar surface area (TPSA) is 29.1 Å². The summed E-state index contributed by atoms with van der Waals surface area (Å²) in [6, 6.07) is 10.9. The van der Waals surface area contributed by atoms with Crippen LogP contribution in [0.25, 0.3) is 0 Å². The molecule has 1 saturated carbocycles. The Morgan fingerprint density at radius 2 is 2.00 bits per heavy atom.